The standard InChI is InChI=1S/C14H19N3O3/c1-9-3-6-16-12(10(9)11(15)18)17-7-4-14(2,5-8-17)13(19)20/h3,6H,4-5,7-8H2,1-2H3,(H2,15,18)(H,19,20). The molecule has 20 heavy (non-hydrogen) atoms. The number of carbonyl (C=O) groups excluding carboxylic acids is 1. The highest BCUT2D eigenvalue weighted by Gasteiger charge is 2.37. The molecular formula is C14H19N3O3. The number of aliphatic carboxylic acids is 1. The summed E-state index contributed by atoms with van der Waals surface area (Å²) >= 11 is 0. The Morgan fingerprint density at radius 2 is 2.00 bits per heavy atom. The zero-order valence-corrected chi connectivity index (χ0v) is 11.7. The lowest BCUT2D eigenvalue weighted by Crippen LogP contribution is -2.43. The number of hydrogen-bond acceptors (Lipinski definition) is 4. The Labute approximate surface area is 117 Å². The Morgan fingerprint density at radius 3 is 2.50 bits per heavy atom. The van der Waals surface area contributed by atoms with Gasteiger partial charge in [0, 0.05) is 19.3 Å². The van der Waals surface area contributed by atoms with Gasteiger partial charge in [-0.1, -0.05) is 0 Å². The summed E-state index contributed by atoms with van der Waals surface area (Å²) in [6.45, 7) is 4.68. The van der Waals surface area contributed by atoms with Crippen LogP contribution in [0.3, 0.4) is 0 Å². The molecule has 3 N–H and O–H groups in total. The van der Waals surface area contributed by atoms with E-state index in [1.165, 1.54) is 0 Å². The van der Waals surface area contributed by atoms with Gasteiger partial charge in [-0.05, 0) is 38.3 Å². The number of rotatable bonds is 3. The Kier molecular flexibility index (Phi) is 3.65. The summed E-state index contributed by atoms with van der Waals surface area (Å²) in [6, 6.07) is 1.74. The quantitative estimate of drug-likeness (QED) is 0.864. The molecule has 1 fully saturated rings. The van der Waals surface area contributed by atoms with Crippen LogP contribution in [0.1, 0.15) is 35.7 Å². The van der Waals surface area contributed by atoms with Crippen LogP contribution in [-0.4, -0.2) is 35.1 Å². The summed E-state index contributed by atoms with van der Waals surface area (Å²) in [5.74, 6) is -0.716. The predicted octanol–water partition coefficient (Wildman–Crippen LogP) is 1.18. The number of aromatic nitrogens is 1. The highest BCUT2D eigenvalue weighted by molar-refractivity contribution is 5.99. The number of amides is 1. The largest absolute Gasteiger partial charge is 0.481 e. The maximum atomic E-state index is 11.6. The van der Waals surface area contributed by atoms with Gasteiger partial charge in [0.05, 0.1) is 11.0 Å². The third-order valence-corrected chi connectivity index (χ3v) is 4.07. The van der Waals surface area contributed by atoms with Crippen molar-refractivity contribution in [1.82, 2.24) is 4.98 Å². The zero-order valence-electron chi connectivity index (χ0n) is 11.7. The van der Waals surface area contributed by atoms with E-state index in [1.807, 2.05) is 11.8 Å². The molecule has 6 nitrogen and oxygen atoms in total. The molecule has 2 heterocycles. The normalized spacial score (nSPS) is 17.8. The topological polar surface area (TPSA) is 96.5 Å². The number of nitrogens with zero attached hydrogens (tertiary/aromatic N) is 2. The Hall–Kier alpha value is -2.11. The molecule has 1 aliphatic heterocycles. The number of carboxylic acid groups (broad SMARTS) is 1. The molecule has 0 radical (unpaired) electrons. The SMILES string of the molecule is Cc1ccnc(N2CCC(C)(C(=O)O)CC2)c1C(N)=O. The summed E-state index contributed by atoms with van der Waals surface area (Å²) in [5, 5.41) is 9.23. The number of anilines is 1. The molecule has 1 aromatic heterocycles. The number of primary amides is 1. The summed E-state index contributed by atoms with van der Waals surface area (Å²) in [7, 11) is 0. The molecule has 0 aromatic carbocycles. The van der Waals surface area contributed by atoms with Crippen LogP contribution in [0, 0.1) is 12.3 Å². The van der Waals surface area contributed by atoms with Crippen LogP contribution >= 0.6 is 0 Å². The van der Waals surface area contributed by atoms with E-state index in [4.69, 9.17) is 5.73 Å². The van der Waals surface area contributed by atoms with E-state index in [-0.39, 0.29) is 0 Å². The summed E-state index contributed by atoms with van der Waals surface area (Å²) < 4.78 is 0. The summed E-state index contributed by atoms with van der Waals surface area (Å²) in [5.41, 5.74) is 5.93. The zero-order chi connectivity index (χ0) is 14.9. The molecule has 6 heteroatoms. The minimum atomic E-state index is -0.774. The Balaban J connectivity index is 2.26. The fraction of sp³-hybridized carbons (Fsp3) is 0.500. The third kappa shape index (κ3) is 2.45. The lowest BCUT2D eigenvalue weighted by Gasteiger charge is -2.37. The van der Waals surface area contributed by atoms with E-state index < -0.39 is 17.3 Å². The van der Waals surface area contributed by atoms with Gasteiger partial charge in [0.2, 0.25) is 0 Å². The van der Waals surface area contributed by atoms with Crippen molar-refractivity contribution in [3.05, 3.63) is 23.4 Å². The molecule has 0 saturated carbocycles. The van der Waals surface area contributed by atoms with Crippen molar-refractivity contribution in [2.45, 2.75) is 26.7 Å². The average Bonchev–Trinajstić information content (AvgIpc) is 2.38. The smallest absolute Gasteiger partial charge is 0.309 e. The molecule has 0 aliphatic carbocycles. The van der Waals surface area contributed by atoms with Crippen molar-refractivity contribution < 1.29 is 14.7 Å². The molecular weight excluding hydrogens is 258 g/mol. The number of carboxylic acids is 1. The van der Waals surface area contributed by atoms with Gasteiger partial charge in [-0.3, -0.25) is 9.59 Å². The number of piperidine rings is 1. The van der Waals surface area contributed by atoms with Crippen molar-refractivity contribution in [1.29, 1.82) is 0 Å². The minimum absolute atomic E-state index is 0.423. The molecule has 1 saturated heterocycles. The van der Waals surface area contributed by atoms with Gasteiger partial charge in [-0.15, -0.1) is 0 Å². The Morgan fingerprint density at radius 1 is 1.40 bits per heavy atom. The van der Waals surface area contributed by atoms with E-state index in [0.29, 0.717) is 37.3 Å². The van der Waals surface area contributed by atoms with Crippen LogP contribution in [0.15, 0.2) is 12.3 Å². The first kappa shape index (κ1) is 14.3. The predicted molar refractivity (Wildman–Crippen MR) is 74.7 cm³/mol. The Bertz CT molecular complexity index is 549. The molecule has 1 aliphatic rings. The lowest BCUT2D eigenvalue weighted by molar-refractivity contribution is -0.149. The lowest BCUT2D eigenvalue weighted by atomic mass is 9.80. The number of pyridine rings is 1. The van der Waals surface area contributed by atoms with Crippen LogP contribution in [-0.2, 0) is 4.79 Å². The van der Waals surface area contributed by atoms with E-state index in [0.717, 1.165) is 5.56 Å². The van der Waals surface area contributed by atoms with Gasteiger partial charge in [0.1, 0.15) is 5.82 Å². The first-order chi connectivity index (χ1) is 9.35. The molecule has 0 atom stereocenters. The van der Waals surface area contributed by atoms with E-state index >= 15 is 0 Å². The van der Waals surface area contributed by atoms with Gasteiger partial charge in [-0.2, -0.15) is 0 Å². The summed E-state index contributed by atoms with van der Waals surface area (Å²) in [4.78, 5) is 29.0. The molecule has 2 rings (SSSR count). The maximum Gasteiger partial charge on any atom is 0.309 e. The monoisotopic (exact) mass is 277 g/mol. The number of nitrogens with two attached hydrogens (primary N) is 1. The van der Waals surface area contributed by atoms with Crippen molar-refractivity contribution in [3.8, 4) is 0 Å². The van der Waals surface area contributed by atoms with Crippen molar-refractivity contribution >= 4 is 17.7 Å². The number of carbonyl (C=O) groups is 2. The van der Waals surface area contributed by atoms with E-state index in [2.05, 4.69) is 4.98 Å². The fourth-order valence-corrected chi connectivity index (χ4v) is 2.51. The van der Waals surface area contributed by atoms with Crippen molar-refractivity contribution in [3.63, 3.8) is 0 Å². The van der Waals surface area contributed by atoms with E-state index in [9.17, 15) is 14.7 Å². The van der Waals surface area contributed by atoms with Gasteiger partial charge in [-0.25, -0.2) is 4.98 Å². The van der Waals surface area contributed by atoms with Crippen molar-refractivity contribution in [2.24, 2.45) is 11.1 Å². The molecule has 0 spiro atoms. The molecule has 0 unspecified atom stereocenters. The second kappa shape index (κ2) is 5.11. The highest BCUT2D eigenvalue weighted by Crippen LogP contribution is 2.33. The molecule has 1 amide bonds. The highest BCUT2D eigenvalue weighted by atomic mass is 16.4. The molecule has 0 bridgehead atoms. The third-order valence-electron chi connectivity index (χ3n) is 4.07. The first-order valence-corrected chi connectivity index (χ1v) is 6.59. The molecule has 1 aromatic rings. The van der Waals surface area contributed by atoms with Gasteiger partial charge in [0.15, 0.2) is 0 Å². The number of hydrogen-bond donors (Lipinski definition) is 2. The number of aryl methyl sites for hydroxylation is 1. The maximum absolute atomic E-state index is 11.6. The summed E-state index contributed by atoms with van der Waals surface area (Å²) in [6.07, 6.45) is 2.69. The van der Waals surface area contributed by atoms with Gasteiger partial charge >= 0.3 is 5.97 Å². The van der Waals surface area contributed by atoms with Crippen LogP contribution in [0.2, 0.25) is 0 Å². The van der Waals surface area contributed by atoms with Gasteiger partial charge < -0.3 is 15.7 Å². The first-order valence-electron chi connectivity index (χ1n) is 6.59. The average molecular weight is 277 g/mol. The minimum Gasteiger partial charge on any atom is -0.481 e. The second-order valence-corrected chi connectivity index (χ2v) is 5.54. The van der Waals surface area contributed by atoms with E-state index in [1.54, 1.807) is 19.2 Å². The van der Waals surface area contributed by atoms with Gasteiger partial charge in [0.25, 0.3) is 5.91 Å². The van der Waals surface area contributed by atoms with Crippen LogP contribution < -0.4 is 10.6 Å². The van der Waals surface area contributed by atoms with Crippen LogP contribution in [0.25, 0.3) is 0 Å². The van der Waals surface area contributed by atoms with Crippen molar-refractivity contribution in [2.75, 3.05) is 18.0 Å². The fourth-order valence-electron chi connectivity index (χ4n) is 2.51. The van der Waals surface area contributed by atoms with Crippen LogP contribution in [0.4, 0.5) is 5.82 Å². The second-order valence-electron chi connectivity index (χ2n) is 5.54. The molecule has 108 valence electrons. The van der Waals surface area contributed by atoms with Crippen LogP contribution in [0.5, 0.6) is 0 Å².